The van der Waals surface area contributed by atoms with E-state index < -0.39 is 0 Å². The number of likely N-dealkylation sites (tertiary alicyclic amines) is 1. The number of pyridine rings is 1. The first kappa shape index (κ1) is 31.0. The van der Waals surface area contributed by atoms with Gasteiger partial charge in [0.2, 0.25) is 0 Å². The smallest absolute Gasteiger partial charge is 0.265 e. The highest BCUT2D eigenvalue weighted by atomic mass is 35.5. The zero-order valence-corrected chi connectivity index (χ0v) is 28.3. The van der Waals surface area contributed by atoms with Crippen molar-refractivity contribution in [2.75, 3.05) is 36.8 Å². The van der Waals surface area contributed by atoms with E-state index in [9.17, 15) is 4.79 Å². The number of aromatic nitrogens is 8. The standard InChI is InChI=1S/C32H37ClN12O2S/c1-18(2)43-13-20-8-23(9-21(20)14-43)47-26-11-27(33)48-30(26)32(46)39-22-4-3-7-42(15-22)25-10-24(45-29(25)31(34)36-16-38-45)19-5-6-28(35-12-19)44-17-37-40-41-44/h5-6,10-12,16-18,20-23H,3-4,7-9,13-15H2,1-2H3,(H,39,46)(H2,34,36,38)/t20-,21+,22-,23?/m1/s1. The van der Waals surface area contributed by atoms with Gasteiger partial charge in [0.1, 0.15) is 28.8 Å². The molecule has 0 spiro atoms. The Labute approximate surface area is 286 Å². The minimum absolute atomic E-state index is 0.0886. The van der Waals surface area contributed by atoms with Crippen LogP contribution < -0.4 is 20.7 Å². The summed E-state index contributed by atoms with van der Waals surface area (Å²) in [6.07, 6.45) is 8.56. The Kier molecular flexibility index (Phi) is 8.13. The van der Waals surface area contributed by atoms with Gasteiger partial charge in [0.15, 0.2) is 11.6 Å². The first-order valence-electron chi connectivity index (χ1n) is 16.4. The lowest BCUT2D eigenvalue weighted by molar-refractivity contribution is 0.0930. The summed E-state index contributed by atoms with van der Waals surface area (Å²) in [5.41, 5.74) is 9.71. The first-order chi connectivity index (χ1) is 23.3. The number of fused-ring (bicyclic) bond motifs is 2. The van der Waals surface area contributed by atoms with Crippen LogP contribution in [0.5, 0.6) is 5.75 Å². The normalized spacial score (nSPS) is 22.9. The number of carbonyl (C=O) groups excluding carboxylic acids is 1. The molecule has 3 aliphatic rings. The number of thiophene rings is 1. The van der Waals surface area contributed by atoms with Crippen molar-refractivity contribution in [2.24, 2.45) is 11.8 Å². The van der Waals surface area contributed by atoms with E-state index in [1.807, 2.05) is 12.1 Å². The predicted molar refractivity (Wildman–Crippen MR) is 183 cm³/mol. The van der Waals surface area contributed by atoms with Crippen LogP contribution in [-0.2, 0) is 0 Å². The molecule has 3 fully saturated rings. The van der Waals surface area contributed by atoms with Crippen LogP contribution in [0.15, 0.2) is 43.1 Å². The van der Waals surface area contributed by atoms with Crippen molar-refractivity contribution in [3.05, 3.63) is 52.3 Å². The second kappa shape index (κ2) is 12.6. The van der Waals surface area contributed by atoms with Crippen molar-refractivity contribution in [1.82, 2.24) is 50.0 Å². The number of piperidine rings is 1. The summed E-state index contributed by atoms with van der Waals surface area (Å²) in [6.45, 7) is 8.18. The van der Waals surface area contributed by atoms with E-state index in [1.165, 1.54) is 28.7 Å². The summed E-state index contributed by atoms with van der Waals surface area (Å²) < 4.78 is 10.3. The minimum Gasteiger partial charge on any atom is -0.489 e. The summed E-state index contributed by atoms with van der Waals surface area (Å²) in [5.74, 6) is 2.70. The zero-order chi connectivity index (χ0) is 32.9. The van der Waals surface area contributed by atoms with E-state index in [4.69, 9.17) is 22.1 Å². The maximum absolute atomic E-state index is 13.7. The largest absolute Gasteiger partial charge is 0.489 e. The average molecular weight is 689 g/mol. The van der Waals surface area contributed by atoms with Crippen LogP contribution in [0.2, 0.25) is 4.34 Å². The van der Waals surface area contributed by atoms with Gasteiger partial charge in [-0.1, -0.05) is 11.6 Å². The molecule has 1 unspecified atom stereocenters. The van der Waals surface area contributed by atoms with E-state index in [1.54, 1.807) is 16.8 Å². The number of nitrogens with zero attached hydrogens (tertiary/aromatic N) is 10. The maximum Gasteiger partial charge on any atom is 0.265 e. The second-order valence-electron chi connectivity index (χ2n) is 13.3. The summed E-state index contributed by atoms with van der Waals surface area (Å²) in [4.78, 5) is 27.9. The molecule has 250 valence electrons. The van der Waals surface area contributed by atoms with E-state index in [0.29, 0.717) is 56.5 Å². The van der Waals surface area contributed by atoms with Crippen LogP contribution in [0.25, 0.3) is 22.6 Å². The number of amides is 1. The molecule has 0 radical (unpaired) electrons. The van der Waals surface area contributed by atoms with Crippen LogP contribution in [0.1, 0.15) is 49.2 Å². The summed E-state index contributed by atoms with van der Waals surface area (Å²) in [5, 5.41) is 19.1. The number of nitrogens with one attached hydrogen (secondary N) is 1. The topological polar surface area (TPSA) is 158 Å². The van der Waals surface area contributed by atoms with Gasteiger partial charge in [-0.15, -0.1) is 16.4 Å². The maximum atomic E-state index is 13.7. The molecular formula is C32H37ClN12O2S. The van der Waals surface area contributed by atoms with Crippen LogP contribution in [-0.4, -0.2) is 95.0 Å². The Balaban J connectivity index is 0.979. The number of anilines is 2. The highest BCUT2D eigenvalue weighted by Crippen LogP contribution is 2.42. The lowest BCUT2D eigenvalue weighted by Crippen LogP contribution is -2.47. The molecule has 4 atom stereocenters. The molecule has 2 aliphatic heterocycles. The Morgan fingerprint density at radius 2 is 1.98 bits per heavy atom. The third-order valence-electron chi connectivity index (χ3n) is 9.92. The fraction of sp³-hybridized carbons (Fsp3) is 0.469. The summed E-state index contributed by atoms with van der Waals surface area (Å²) in [7, 11) is 0. The minimum atomic E-state index is -0.156. The number of nitrogens with two attached hydrogens (primary N) is 1. The van der Waals surface area contributed by atoms with Gasteiger partial charge in [0.05, 0.1) is 21.8 Å². The average Bonchev–Trinajstić information content (AvgIpc) is 3.90. The molecule has 14 nitrogen and oxygen atoms in total. The molecule has 2 saturated heterocycles. The van der Waals surface area contributed by atoms with Crippen LogP contribution in [0.3, 0.4) is 0 Å². The molecule has 5 aromatic heterocycles. The molecule has 1 aliphatic carbocycles. The Hall–Kier alpha value is -4.34. The van der Waals surface area contributed by atoms with Crippen LogP contribution >= 0.6 is 22.9 Å². The third-order valence-corrected chi connectivity index (χ3v) is 11.2. The van der Waals surface area contributed by atoms with Gasteiger partial charge in [0, 0.05) is 56.1 Å². The first-order valence-corrected chi connectivity index (χ1v) is 17.6. The highest BCUT2D eigenvalue weighted by Gasteiger charge is 2.42. The molecule has 7 heterocycles. The number of halogens is 1. The number of nitrogen functional groups attached to an aromatic ring is 1. The fourth-order valence-corrected chi connectivity index (χ4v) is 8.62. The number of carbonyl (C=O) groups is 1. The quantitative estimate of drug-likeness (QED) is 0.243. The second-order valence-corrected chi connectivity index (χ2v) is 14.9. The number of rotatable bonds is 8. The van der Waals surface area contributed by atoms with Crippen molar-refractivity contribution in [3.8, 4) is 22.8 Å². The van der Waals surface area contributed by atoms with Crippen molar-refractivity contribution >= 4 is 45.9 Å². The Morgan fingerprint density at radius 3 is 2.71 bits per heavy atom. The van der Waals surface area contributed by atoms with Crippen molar-refractivity contribution in [2.45, 2.75) is 57.7 Å². The molecule has 16 heteroatoms. The van der Waals surface area contributed by atoms with Gasteiger partial charge in [-0.2, -0.15) is 9.78 Å². The molecular weight excluding hydrogens is 652 g/mol. The van der Waals surface area contributed by atoms with E-state index in [0.717, 1.165) is 62.3 Å². The number of hydrogen-bond donors (Lipinski definition) is 2. The van der Waals surface area contributed by atoms with E-state index in [2.05, 4.69) is 65.6 Å². The molecule has 0 bridgehead atoms. The van der Waals surface area contributed by atoms with E-state index >= 15 is 0 Å². The van der Waals surface area contributed by atoms with Gasteiger partial charge in [-0.05, 0) is 80.0 Å². The molecule has 3 N–H and O–H groups in total. The Bertz CT molecular complexity index is 1910. The summed E-state index contributed by atoms with van der Waals surface area (Å²) in [6, 6.07) is 8.12. The Morgan fingerprint density at radius 1 is 1.15 bits per heavy atom. The van der Waals surface area contributed by atoms with Crippen LogP contribution in [0, 0.1) is 11.8 Å². The number of hydrogen-bond acceptors (Lipinski definition) is 12. The van der Waals surface area contributed by atoms with Crippen molar-refractivity contribution in [3.63, 3.8) is 0 Å². The van der Waals surface area contributed by atoms with Gasteiger partial charge in [-0.3, -0.25) is 4.79 Å². The van der Waals surface area contributed by atoms with Crippen LogP contribution in [0.4, 0.5) is 11.5 Å². The van der Waals surface area contributed by atoms with E-state index in [-0.39, 0.29) is 18.1 Å². The van der Waals surface area contributed by atoms with Gasteiger partial charge < -0.3 is 25.6 Å². The van der Waals surface area contributed by atoms with Crippen molar-refractivity contribution in [1.29, 1.82) is 0 Å². The molecule has 1 saturated carbocycles. The molecule has 48 heavy (non-hydrogen) atoms. The molecule has 1 amide bonds. The summed E-state index contributed by atoms with van der Waals surface area (Å²) >= 11 is 7.73. The molecule has 0 aromatic carbocycles. The van der Waals surface area contributed by atoms with Gasteiger partial charge in [-0.25, -0.2) is 14.5 Å². The van der Waals surface area contributed by atoms with Gasteiger partial charge in [0.25, 0.3) is 5.91 Å². The van der Waals surface area contributed by atoms with Gasteiger partial charge >= 0.3 is 0 Å². The SMILES string of the molecule is CC(C)N1C[C@H]2CC(Oc3cc(Cl)sc3C(=O)N[C@@H]3CCCN(c4cc(-c5ccc(-n6cnnn6)nc5)n5ncnc(N)c45)C3)C[C@H]2C1. The predicted octanol–water partition coefficient (Wildman–Crippen LogP) is 3.96. The molecule has 5 aromatic rings. The number of tetrazole rings is 1. The third kappa shape index (κ3) is 5.83. The lowest BCUT2D eigenvalue weighted by atomic mass is 10.0. The molecule has 8 rings (SSSR count). The number of ether oxygens (including phenoxy) is 1. The highest BCUT2D eigenvalue weighted by molar-refractivity contribution is 7.18. The van der Waals surface area contributed by atoms with Crippen molar-refractivity contribution < 1.29 is 9.53 Å². The lowest BCUT2D eigenvalue weighted by Gasteiger charge is -2.34. The fourth-order valence-electron chi connectivity index (χ4n) is 7.57. The zero-order valence-electron chi connectivity index (χ0n) is 26.7. The monoisotopic (exact) mass is 688 g/mol.